The largest absolute Gasteiger partial charge is 0.396 e. The van der Waals surface area contributed by atoms with Crippen molar-refractivity contribution in [1.82, 2.24) is 4.98 Å². The lowest BCUT2D eigenvalue weighted by Gasteiger charge is -2.09. The van der Waals surface area contributed by atoms with Crippen LogP contribution in [0.4, 0.5) is 11.5 Å². The van der Waals surface area contributed by atoms with E-state index in [0.717, 1.165) is 0 Å². The van der Waals surface area contributed by atoms with Gasteiger partial charge in [0.15, 0.2) is 0 Å². The number of anilines is 1. The number of aliphatic hydroxyl groups is 1. The minimum Gasteiger partial charge on any atom is -0.396 e. The first-order chi connectivity index (χ1) is 8.06. The standard InChI is InChI=1S/C10H15N3O3S/c1-7(3-4-14)17-10-6-8(13(15)16)5-9(11-2)12-10/h5-7,14H,3-4H2,1-2H3,(H,11,12). The van der Waals surface area contributed by atoms with Crippen molar-refractivity contribution in [2.45, 2.75) is 23.6 Å². The van der Waals surface area contributed by atoms with Gasteiger partial charge in [0.2, 0.25) is 0 Å². The first-order valence-electron chi connectivity index (χ1n) is 5.18. The highest BCUT2D eigenvalue weighted by Gasteiger charge is 2.13. The van der Waals surface area contributed by atoms with Gasteiger partial charge in [-0.1, -0.05) is 6.92 Å². The molecule has 0 radical (unpaired) electrons. The molecule has 0 fully saturated rings. The van der Waals surface area contributed by atoms with Crippen LogP contribution in [0.1, 0.15) is 13.3 Å². The van der Waals surface area contributed by atoms with Gasteiger partial charge in [-0.25, -0.2) is 4.98 Å². The fourth-order valence-electron chi connectivity index (χ4n) is 1.23. The Bertz CT molecular complexity index is 400. The quantitative estimate of drug-likeness (QED) is 0.459. The van der Waals surface area contributed by atoms with Gasteiger partial charge in [-0.3, -0.25) is 10.1 Å². The summed E-state index contributed by atoms with van der Waals surface area (Å²) >= 11 is 1.41. The smallest absolute Gasteiger partial charge is 0.275 e. The second kappa shape index (κ2) is 6.41. The monoisotopic (exact) mass is 257 g/mol. The van der Waals surface area contributed by atoms with Crippen LogP contribution in [-0.4, -0.2) is 33.9 Å². The Balaban J connectivity index is 2.90. The lowest BCUT2D eigenvalue weighted by Crippen LogP contribution is -2.02. The molecule has 1 rings (SSSR count). The normalized spacial score (nSPS) is 12.2. The molecular weight excluding hydrogens is 242 g/mol. The average Bonchev–Trinajstić information content (AvgIpc) is 2.28. The number of nitrogens with one attached hydrogen (secondary N) is 1. The minimum absolute atomic E-state index is 0.0167. The van der Waals surface area contributed by atoms with E-state index < -0.39 is 4.92 Å². The fourth-order valence-corrected chi connectivity index (χ4v) is 2.21. The predicted octanol–water partition coefficient (Wildman–Crippen LogP) is 1.89. The van der Waals surface area contributed by atoms with E-state index in [1.54, 1.807) is 7.05 Å². The van der Waals surface area contributed by atoms with E-state index >= 15 is 0 Å². The SMILES string of the molecule is CNc1cc([N+](=O)[O-])cc(SC(C)CCO)n1. The van der Waals surface area contributed by atoms with Gasteiger partial charge in [0.1, 0.15) is 10.8 Å². The molecule has 0 bridgehead atoms. The number of hydrogen-bond donors (Lipinski definition) is 2. The van der Waals surface area contributed by atoms with Crippen LogP contribution in [-0.2, 0) is 0 Å². The zero-order chi connectivity index (χ0) is 12.8. The first-order valence-corrected chi connectivity index (χ1v) is 6.06. The van der Waals surface area contributed by atoms with Crippen LogP contribution < -0.4 is 5.32 Å². The molecule has 0 amide bonds. The molecule has 7 heteroatoms. The average molecular weight is 257 g/mol. The van der Waals surface area contributed by atoms with E-state index in [0.29, 0.717) is 17.3 Å². The topological polar surface area (TPSA) is 88.3 Å². The summed E-state index contributed by atoms with van der Waals surface area (Å²) in [5.74, 6) is 0.470. The maximum absolute atomic E-state index is 10.7. The van der Waals surface area contributed by atoms with Crippen molar-refractivity contribution in [3.05, 3.63) is 22.2 Å². The number of thioether (sulfide) groups is 1. The van der Waals surface area contributed by atoms with Crippen molar-refractivity contribution < 1.29 is 10.0 Å². The number of pyridine rings is 1. The summed E-state index contributed by atoms with van der Waals surface area (Å²) in [6.07, 6.45) is 0.629. The summed E-state index contributed by atoms with van der Waals surface area (Å²) < 4.78 is 0. The van der Waals surface area contributed by atoms with Crippen molar-refractivity contribution in [2.24, 2.45) is 0 Å². The lowest BCUT2D eigenvalue weighted by molar-refractivity contribution is -0.385. The van der Waals surface area contributed by atoms with Gasteiger partial charge in [0.05, 0.1) is 11.0 Å². The van der Waals surface area contributed by atoms with Crippen LogP contribution in [0.3, 0.4) is 0 Å². The van der Waals surface area contributed by atoms with E-state index in [4.69, 9.17) is 5.11 Å². The van der Waals surface area contributed by atoms with Crippen molar-refractivity contribution in [3.8, 4) is 0 Å². The van der Waals surface area contributed by atoms with Gasteiger partial charge in [0.25, 0.3) is 5.69 Å². The maximum Gasteiger partial charge on any atom is 0.275 e. The molecule has 94 valence electrons. The Morgan fingerprint density at radius 1 is 1.65 bits per heavy atom. The van der Waals surface area contributed by atoms with Crippen molar-refractivity contribution in [2.75, 3.05) is 19.0 Å². The summed E-state index contributed by atoms with van der Waals surface area (Å²) in [5.41, 5.74) is 0.0167. The third-order valence-corrected chi connectivity index (χ3v) is 3.20. The van der Waals surface area contributed by atoms with E-state index in [9.17, 15) is 10.1 Å². The number of hydrogen-bond acceptors (Lipinski definition) is 6. The predicted molar refractivity (Wildman–Crippen MR) is 67.5 cm³/mol. The lowest BCUT2D eigenvalue weighted by atomic mass is 10.3. The second-order valence-electron chi connectivity index (χ2n) is 3.50. The minimum atomic E-state index is -0.441. The molecular formula is C10H15N3O3S. The van der Waals surface area contributed by atoms with Crippen molar-refractivity contribution in [1.29, 1.82) is 0 Å². The summed E-state index contributed by atoms with van der Waals surface area (Å²) in [5, 5.41) is 23.1. The molecule has 0 aliphatic heterocycles. The third kappa shape index (κ3) is 4.20. The highest BCUT2D eigenvalue weighted by Crippen LogP contribution is 2.28. The van der Waals surface area contributed by atoms with Gasteiger partial charge >= 0.3 is 0 Å². The Morgan fingerprint density at radius 2 is 2.35 bits per heavy atom. The van der Waals surface area contributed by atoms with E-state index in [2.05, 4.69) is 10.3 Å². The molecule has 1 heterocycles. The molecule has 0 saturated carbocycles. The zero-order valence-electron chi connectivity index (χ0n) is 9.71. The van der Waals surface area contributed by atoms with Gasteiger partial charge in [0, 0.05) is 25.0 Å². The Hall–Kier alpha value is -1.34. The van der Waals surface area contributed by atoms with Gasteiger partial charge in [-0.05, 0) is 6.42 Å². The summed E-state index contributed by atoms with van der Waals surface area (Å²) in [7, 11) is 1.66. The van der Waals surface area contributed by atoms with Gasteiger partial charge in [-0.2, -0.15) is 0 Å². The second-order valence-corrected chi connectivity index (χ2v) is 4.96. The Morgan fingerprint density at radius 3 is 2.88 bits per heavy atom. The molecule has 2 N–H and O–H groups in total. The number of aliphatic hydroxyl groups excluding tert-OH is 1. The van der Waals surface area contributed by atoms with Crippen LogP contribution in [0, 0.1) is 10.1 Å². The maximum atomic E-state index is 10.7. The van der Waals surface area contributed by atoms with Gasteiger partial charge in [-0.15, -0.1) is 11.8 Å². The summed E-state index contributed by atoms with van der Waals surface area (Å²) in [6.45, 7) is 2.04. The summed E-state index contributed by atoms with van der Waals surface area (Å²) in [6, 6.07) is 2.83. The number of nitrogens with zero attached hydrogens (tertiary/aromatic N) is 2. The van der Waals surface area contributed by atoms with Gasteiger partial charge < -0.3 is 10.4 Å². The van der Waals surface area contributed by atoms with Crippen molar-refractivity contribution >= 4 is 23.3 Å². The fraction of sp³-hybridized carbons (Fsp3) is 0.500. The molecule has 17 heavy (non-hydrogen) atoms. The number of rotatable bonds is 6. The van der Waals surface area contributed by atoms with Crippen LogP contribution in [0.25, 0.3) is 0 Å². The van der Waals surface area contributed by atoms with E-state index in [1.807, 2.05) is 6.92 Å². The molecule has 1 atom stereocenters. The van der Waals surface area contributed by atoms with E-state index in [-0.39, 0.29) is 17.5 Å². The zero-order valence-corrected chi connectivity index (χ0v) is 10.5. The highest BCUT2D eigenvalue weighted by molar-refractivity contribution is 7.99. The Labute approximate surface area is 104 Å². The molecule has 1 aromatic heterocycles. The first kappa shape index (κ1) is 13.7. The molecule has 6 nitrogen and oxygen atoms in total. The number of aromatic nitrogens is 1. The Kier molecular flexibility index (Phi) is 5.17. The van der Waals surface area contributed by atoms with Crippen LogP contribution in [0.2, 0.25) is 0 Å². The molecule has 0 aliphatic rings. The third-order valence-electron chi connectivity index (χ3n) is 2.11. The van der Waals surface area contributed by atoms with Crippen LogP contribution >= 0.6 is 11.8 Å². The molecule has 0 spiro atoms. The highest BCUT2D eigenvalue weighted by atomic mass is 32.2. The summed E-state index contributed by atoms with van der Waals surface area (Å²) in [4.78, 5) is 14.5. The molecule has 0 saturated heterocycles. The van der Waals surface area contributed by atoms with Crippen molar-refractivity contribution in [3.63, 3.8) is 0 Å². The molecule has 1 unspecified atom stereocenters. The van der Waals surface area contributed by atoms with Crippen LogP contribution in [0.5, 0.6) is 0 Å². The van der Waals surface area contributed by atoms with Crippen LogP contribution in [0.15, 0.2) is 17.2 Å². The molecule has 0 aliphatic carbocycles. The number of nitro groups is 1. The molecule has 0 aromatic carbocycles. The van der Waals surface area contributed by atoms with E-state index in [1.165, 1.54) is 23.9 Å². The molecule has 1 aromatic rings.